The highest BCUT2D eigenvalue weighted by Gasteiger charge is 2.33. The summed E-state index contributed by atoms with van der Waals surface area (Å²) in [6, 6.07) is 0.262. The van der Waals surface area contributed by atoms with E-state index in [2.05, 4.69) is 18.8 Å². The molecule has 0 spiro atoms. The molecule has 112 valence electrons. The van der Waals surface area contributed by atoms with Gasteiger partial charge in [-0.15, -0.1) is 11.3 Å². The number of aromatic nitrogens is 2. The van der Waals surface area contributed by atoms with Gasteiger partial charge in [0.05, 0.1) is 5.39 Å². The van der Waals surface area contributed by atoms with Gasteiger partial charge in [-0.2, -0.15) is 0 Å². The highest BCUT2D eigenvalue weighted by atomic mass is 32.1. The third kappa shape index (κ3) is 2.05. The van der Waals surface area contributed by atoms with Crippen LogP contribution in [0.3, 0.4) is 0 Å². The molecule has 0 aliphatic heterocycles. The highest BCUT2D eigenvalue weighted by Crippen LogP contribution is 2.43. The van der Waals surface area contributed by atoms with Crippen LogP contribution in [0, 0.1) is 10.2 Å². The van der Waals surface area contributed by atoms with Crippen LogP contribution in [0.15, 0.2) is 4.79 Å². The molecule has 2 aliphatic rings. The lowest BCUT2D eigenvalue weighted by atomic mass is 9.92. The maximum atomic E-state index is 13.1. The van der Waals surface area contributed by atoms with E-state index in [-0.39, 0.29) is 11.6 Å². The number of aromatic amines is 1. The van der Waals surface area contributed by atoms with Crippen molar-refractivity contribution in [3.63, 3.8) is 0 Å². The zero-order valence-electron chi connectivity index (χ0n) is 12.5. The summed E-state index contributed by atoms with van der Waals surface area (Å²) in [5.41, 5.74) is 1.75. The van der Waals surface area contributed by atoms with Crippen LogP contribution in [0.4, 0.5) is 0 Å². The van der Waals surface area contributed by atoms with E-state index in [1.165, 1.54) is 23.3 Å². The molecule has 2 heterocycles. The Morgan fingerprint density at radius 2 is 2.19 bits per heavy atom. The molecule has 0 radical (unpaired) electrons. The number of nitrogens with zero attached hydrogens (tertiary/aromatic N) is 1. The smallest absolute Gasteiger partial charge is 0.263 e. The number of nitrogens with one attached hydrogen (secondary N) is 1. The quantitative estimate of drug-likeness (QED) is 0.793. The molecule has 2 aromatic heterocycles. The van der Waals surface area contributed by atoms with Gasteiger partial charge in [0.1, 0.15) is 4.83 Å². The molecule has 2 aromatic rings. The van der Waals surface area contributed by atoms with Crippen molar-refractivity contribution in [2.75, 3.05) is 0 Å². The third-order valence-electron chi connectivity index (χ3n) is 5.10. The van der Waals surface area contributed by atoms with E-state index < -0.39 is 0 Å². The van der Waals surface area contributed by atoms with E-state index in [9.17, 15) is 4.79 Å². The Morgan fingerprint density at radius 3 is 2.90 bits per heavy atom. The van der Waals surface area contributed by atoms with E-state index in [0.717, 1.165) is 35.9 Å². The minimum atomic E-state index is 0.149. The van der Waals surface area contributed by atoms with Gasteiger partial charge >= 0.3 is 0 Å². The zero-order chi connectivity index (χ0) is 14.8. The van der Waals surface area contributed by atoms with Gasteiger partial charge in [0, 0.05) is 10.9 Å². The average molecular weight is 320 g/mol. The molecule has 4 rings (SSSR count). The largest absolute Gasteiger partial charge is 0.323 e. The second kappa shape index (κ2) is 4.53. The predicted molar refractivity (Wildman–Crippen MR) is 90.0 cm³/mol. The van der Waals surface area contributed by atoms with Crippen LogP contribution in [0.5, 0.6) is 0 Å². The second-order valence-corrected chi connectivity index (χ2v) is 8.72. The molecular formula is C16H20N2OS2. The third-order valence-corrected chi connectivity index (χ3v) is 6.61. The lowest BCUT2D eigenvalue weighted by molar-refractivity contribution is 0.355. The van der Waals surface area contributed by atoms with Crippen molar-refractivity contribution in [2.24, 2.45) is 5.41 Å². The van der Waals surface area contributed by atoms with E-state index in [1.807, 2.05) is 4.57 Å². The first-order valence-electron chi connectivity index (χ1n) is 7.75. The van der Waals surface area contributed by atoms with Gasteiger partial charge in [0.2, 0.25) is 0 Å². The number of thiophene rings is 1. The molecule has 1 fully saturated rings. The van der Waals surface area contributed by atoms with Crippen LogP contribution in [0.2, 0.25) is 0 Å². The van der Waals surface area contributed by atoms with Gasteiger partial charge in [-0.05, 0) is 61.7 Å². The first-order valence-corrected chi connectivity index (χ1v) is 8.98. The minimum Gasteiger partial charge on any atom is -0.323 e. The van der Waals surface area contributed by atoms with Gasteiger partial charge in [0.25, 0.3) is 5.56 Å². The molecule has 0 aromatic carbocycles. The molecule has 5 heteroatoms. The summed E-state index contributed by atoms with van der Waals surface area (Å²) in [4.78, 5) is 18.8. The van der Waals surface area contributed by atoms with Gasteiger partial charge < -0.3 is 4.98 Å². The van der Waals surface area contributed by atoms with Crippen molar-refractivity contribution in [3.05, 3.63) is 25.6 Å². The zero-order valence-corrected chi connectivity index (χ0v) is 14.1. The molecule has 1 N–H and O–H groups in total. The molecule has 1 saturated carbocycles. The number of hydrogen-bond acceptors (Lipinski definition) is 3. The lowest BCUT2D eigenvalue weighted by Crippen LogP contribution is -2.26. The van der Waals surface area contributed by atoms with Crippen molar-refractivity contribution < 1.29 is 0 Å². The second-order valence-electron chi connectivity index (χ2n) is 7.23. The Morgan fingerprint density at radius 1 is 1.38 bits per heavy atom. The average Bonchev–Trinajstić information content (AvgIpc) is 3.03. The van der Waals surface area contributed by atoms with Crippen molar-refractivity contribution in [2.45, 2.75) is 58.4 Å². The van der Waals surface area contributed by atoms with Crippen LogP contribution < -0.4 is 5.56 Å². The van der Waals surface area contributed by atoms with E-state index in [4.69, 9.17) is 12.2 Å². The fourth-order valence-electron chi connectivity index (χ4n) is 4.04. The molecule has 0 bridgehead atoms. The number of H-pyrrole nitrogens is 1. The molecular weight excluding hydrogens is 300 g/mol. The van der Waals surface area contributed by atoms with Gasteiger partial charge in [0.15, 0.2) is 4.77 Å². The van der Waals surface area contributed by atoms with Gasteiger partial charge in [-0.25, -0.2) is 0 Å². The highest BCUT2D eigenvalue weighted by molar-refractivity contribution is 7.71. The van der Waals surface area contributed by atoms with Crippen LogP contribution in [-0.4, -0.2) is 9.55 Å². The Hall–Kier alpha value is -0.940. The SMILES string of the molecule is CC1(C)CCC(n2c(=S)[nH]c3sc4c(c3c2=O)CCC4)C1. The maximum Gasteiger partial charge on any atom is 0.263 e. The predicted octanol–water partition coefficient (Wildman–Crippen LogP) is 4.36. The molecule has 0 saturated heterocycles. The Kier molecular flexibility index (Phi) is 2.95. The van der Waals surface area contributed by atoms with Crippen molar-refractivity contribution in [3.8, 4) is 0 Å². The summed E-state index contributed by atoms with van der Waals surface area (Å²) in [6.07, 6.45) is 6.61. The number of hydrogen-bond donors (Lipinski definition) is 1. The van der Waals surface area contributed by atoms with Crippen LogP contribution in [0.25, 0.3) is 10.2 Å². The summed E-state index contributed by atoms with van der Waals surface area (Å²) in [5, 5.41) is 0.922. The van der Waals surface area contributed by atoms with Crippen molar-refractivity contribution >= 4 is 33.8 Å². The molecule has 3 nitrogen and oxygen atoms in total. The van der Waals surface area contributed by atoms with Crippen molar-refractivity contribution in [1.82, 2.24) is 9.55 Å². The molecule has 0 amide bonds. The summed E-state index contributed by atoms with van der Waals surface area (Å²) in [7, 11) is 0. The van der Waals surface area contributed by atoms with Gasteiger partial charge in [-0.1, -0.05) is 13.8 Å². The molecule has 1 unspecified atom stereocenters. The standard InChI is InChI=1S/C16H20N2OS2/c1-16(2)7-6-9(8-16)18-14(19)12-10-4-3-5-11(10)21-13(12)17-15(18)20/h9H,3-8H2,1-2H3,(H,17,20). The number of rotatable bonds is 1. The number of aryl methyl sites for hydroxylation is 2. The Bertz CT molecular complexity index is 840. The fourth-order valence-corrected chi connectivity index (χ4v) is 5.72. The van der Waals surface area contributed by atoms with Gasteiger partial charge in [-0.3, -0.25) is 9.36 Å². The summed E-state index contributed by atoms with van der Waals surface area (Å²) < 4.78 is 2.48. The topological polar surface area (TPSA) is 37.8 Å². The van der Waals surface area contributed by atoms with E-state index in [1.54, 1.807) is 11.3 Å². The first kappa shape index (κ1) is 13.7. The Balaban J connectivity index is 1.94. The van der Waals surface area contributed by atoms with Crippen molar-refractivity contribution in [1.29, 1.82) is 0 Å². The Labute approximate surface area is 133 Å². The maximum absolute atomic E-state index is 13.1. The first-order chi connectivity index (χ1) is 9.96. The number of fused-ring (bicyclic) bond motifs is 3. The van der Waals surface area contributed by atoms with E-state index in [0.29, 0.717) is 10.2 Å². The van der Waals surface area contributed by atoms with Crippen LogP contribution in [-0.2, 0) is 12.8 Å². The lowest BCUT2D eigenvalue weighted by Gasteiger charge is -2.18. The molecule has 2 aliphatic carbocycles. The minimum absolute atomic E-state index is 0.149. The normalized spacial score (nSPS) is 23.8. The fraction of sp³-hybridized carbons (Fsp3) is 0.625. The summed E-state index contributed by atoms with van der Waals surface area (Å²) in [6.45, 7) is 4.57. The van der Waals surface area contributed by atoms with Crippen LogP contribution in [0.1, 0.15) is 56.0 Å². The molecule has 1 atom stereocenters. The molecule has 21 heavy (non-hydrogen) atoms. The monoisotopic (exact) mass is 320 g/mol. The summed E-state index contributed by atoms with van der Waals surface area (Å²) in [5.74, 6) is 0. The van der Waals surface area contributed by atoms with E-state index >= 15 is 0 Å². The van der Waals surface area contributed by atoms with Crippen LogP contribution >= 0.6 is 23.6 Å². The summed E-state index contributed by atoms with van der Waals surface area (Å²) >= 11 is 7.23.